The van der Waals surface area contributed by atoms with Crippen LogP contribution in [-0.4, -0.2) is 46.9 Å². The van der Waals surface area contributed by atoms with Gasteiger partial charge in [-0.05, 0) is 59.9 Å². The summed E-state index contributed by atoms with van der Waals surface area (Å²) in [7, 11) is 1.55. The van der Waals surface area contributed by atoms with Crippen molar-refractivity contribution in [3.63, 3.8) is 0 Å². The third-order valence-corrected chi connectivity index (χ3v) is 8.38. The smallest absolute Gasteiger partial charge is 0.255 e. The predicted octanol–water partition coefficient (Wildman–Crippen LogP) is 5.19. The molecule has 0 spiro atoms. The summed E-state index contributed by atoms with van der Waals surface area (Å²) < 4.78 is 0. The van der Waals surface area contributed by atoms with Gasteiger partial charge in [-0.2, -0.15) is 0 Å². The van der Waals surface area contributed by atoms with Gasteiger partial charge in [0.25, 0.3) is 17.7 Å². The van der Waals surface area contributed by atoms with E-state index < -0.39 is 30.0 Å². The molecule has 0 radical (unpaired) electrons. The van der Waals surface area contributed by atoms with Crippen LogP contribution in [0.25, 0.3) is 0 Å². The zero-order valence-corrected chi connectivity index (χ0v) is 24.0. The predicted molar refractivity (Wildman–Crippen MR) is 156 cm³/mol. The van der Waals surface area contributed by atoms with Crippen molar-refractivity contribution in [3.05, 3.63) is 105 Å². The number of hydroxylamine groups is 1. The second-order valence-corrected chi connectivity index (χ2v) is 11.2. The van der Waals surface area contributed by atoms with Crippen molar-refractivity contribution in [3.8, 4) is 0 Å². The molecule has 3 N–H and O–H groups in total. The number of nitrogens with zero attached hydrogens (tertiary/aromatic N) is 1. The molecule has 0 aromatic heterocycles. The zero-order valence-electron chi connectivity index (χ0n) is 22.5. The molecule has 214 valence electrons. The highest BCUT2D eigenvalue weighted by Crippen LogP contribution is 2.47. The summed E-state index contributed by atoms with van der Waals surface area (Å²) in [4.78, 5) is 47.3. The highest BCUT2D eigenvalue weighted by Gasteiger charge is 2.49. The van der Waals surface area contributed by atoms with E-state index in [1.54, 1.807) is 78.7 Å². The van der Waals surface area contributed by atoms with Gasteiger partial charge in [0.1, 0.15) is 0 Å². The van der Waals surface area contributed by atoms with Gasteiger partial charge < -0.3 is 15.3 Å². The lowest BCUT2D eigenvalue weighted by molar-refractivity contribution is -0.138. The quantitative estimate of drug-likeness (QED) is 0.326. The van der Waals surface area contributed by atoms with E-state index in [0.29, 0.717) is 50.7 Å². The van der Waals surface area contributed by atoms with Gasteiger partial charge in [0.2, 0.25) is 0 Å². The fraction of sp³-hybridized carbons (Fsp3) is 0.323. The first-order valence-electron chi connectivity index (χ1n) is 13.6. The summed E-state index contributed by atoms with van der Waals surface area (Å²) in [5.41, 5.74) is 5.22. The number of hydrogen-bond acceptors (Lipinski definition) is 5. The molecule has 1 heterocycles. The van der Waals surface area contributed by atoms with Crippen LogP contribution in [0.15, 0.2) is 66.7 Å². The molecule has 5 rings (SSSR count). The van der Waals surface area contributed by atoms with Crippen molar-refractivity contribution >= 4 is 40.9 Å². The highest BCUT2D eigenvalue weighted by molar-refractivity contribution is 6.35. The lowest BCUT2D eigenvalue weighted by Crippen LogP contribution is -2.55. The number of benzene rings is 3. The van der Waals surface area contributed by atoms with E-state index in [1.165, 1.54) is 0 Å². The molecule has 1 saturated carbocycles. The molecule has 0 unspecified atom stereocenters. The van der Waals surface area contributed by atoms with E-state index in [2.05, 4.69) is 10.8 Å². The number of amides is 3. The number of aliphatic hydroxyl groups is 1. The lowest BCUT2D eigenvalue weighted by Gasteiger charge is -2.48. The van der Waals surface area contributed by atoms with Crippen molar-refractivity contribution in [1.29, 1.82) is 0 Å². The number of halogens is 2. The molecule has 1 aliphatic heterocycles. The zero-order chi connectivity index (χ0) is 29.1. The van der Waals surface area contributed by atoms with E-state index in [0.717, 1.165) is 12.8 Å². The van der Waals surface area contributed by atoms with Crippen LogP contribution >= 0.6 is 23.2 Å². The standard InChI is InChI=1S/C31H31Cl2N3O5/c1-34-29(38)19-8-6-7-18(15-19)17-41-35-30(39)27-21-9-2-3-10-22(21)31(40)36(25-11-4-5-12-26(25)37)28(27)23-14-13-20(32)16-24(23)33/h2-3,6-10,13-16,25-28,37H,4-5,11-12,17H2,1H3,(H,34,38)(H,35,39)/t25-,26-,27+,28-/m0/s1. The average Bonchev–Trinajstić information content (AvgIpc) is 2.97. The Labute approximate surface area is 248 Å². The van der Waals surface area contributed by atoms with Crippen molar-refractivity contribution in [2.75, 3.05) is 7.05 Å². The maximum atomic E-state index is 14.1. The lowest BCUT2D eigenvalue weighted by atomic mass is 9.77. The summed E-state index contributed by atoms with van der Waals surface area (Å²) in [6.45, 7) is 0.0152. The summed E-state index contributed by atoms with van der Waals surface area (Å²) in [6.07, 6.45) is 2.14. The number of aliphatic hydroxyl groups excluding tert-OH is 1. The van der Waals surface area contributed by atoms with E-state index in [-0.39, 0.29) is 18.4 Å². The first-order valence-corrected chi connectivity index (χ1v) is 14.3. The first-order chi connectivity index (χ1) is 19.8. The second-order valence-electron chi connectivity index (χ2n) is 10.3. The number of rotatable bonds is 7. The second kappa shape index (κ2) is 12.6. The van der Waals surface area contributed by atoms with Crippen LogP contribution in [0.3, 0.4) is 0 Å². The fourth-order valence-corrected chi connectivity index (χ4v) is 6.41. The normalized spacial score (nSPS) is 22.1. The van der Waals surface area contributed by atoms with E-state index in [9.17, 15) is 19.5 Å². The molecule has 41 heavy (non-hydrogen) atoms. The van der Waals surface area contributed by atoms with E-state index >= 15 is 0 Å². The van der Waals surface area contributed by atoms with Crippen LogP contribution < -0.4 is 10.8 Å². The Hall–Kier alpha value is -3.43. The van der Waals surface area contributed by atoms with Gasteiger partial charge in [-0.3, -0.25) is 19.2 Å². The monoisotopic (exact) mass is 595 g/mol. The maximum absolute atomic E-state index is 14.1. The Morgan fingerprint density at radius 2 is 1.78 bits per heavy atom. The molecule has 8 nitrogen and oxygen atoms in total. The molecule has 1 aliphatic carbocycles. The minimum absolute atomic E-state index is 0.0152. The molecule has 2 aliphatic rings. The van der Waals surface area contributed by atoms with Gasteiger partial charge in [0.05, 0.1) is 30.7 Å². The molecule has 0 saturated heterocycles. The number of nitrogens with one attached hydrogen (secondary N) is 2. The number of carbonyl (C=O) groups is 3. The molecular formula is C31H31Cl2N3O5. The number of hydrogen-bond donors (Lipinski definition) is 3. The molecule has 0 bridgehead atoms. The molecule has 3 aromatic carbocycles. The Balaban J connectivity index is 1.51. The van der Waals surface area contributed by atoms with Crippen molar-refractivity contribution in [1.82, 2.24) is 15.7 Å². The number of carbonyl (C=O) groups excluding carboxylic acids is 3. The fourth-order valence-electron chi connectivity index (χ4n) is 5.89. The Morgan fingerprint density at radius 3 is 2.54 bits per heavy atom. The number of fused-ring (bicyclic) bond motifs is 1. The third-order valence-electron chi connectivity index (χ3n) is 7.82. The van der Waals surface area contributed by atoms with Crippen LogP contribution in [0.4, 0.5) is 0 Å². The third kappa shape index (κ3) is 5.97. The average molecular weight is 597 g/mol. The van der Waals surface area contributed by atoms with Gasteiger partial charge in [-0.15, -0.1) is 0 Å². The summed E-state index contributed by atoms with van der Waals surface area (Å²) in [5, 5.41) is 14.4. The van der Waals surface area contributed by atoms with Crippen LogP contribution in [-0.2, 0) is 16.2 Å². The highest BCUT2D eigenvalue weighted by atomic mass is 35.5. The topological polar surface area (TPSA) is 108 Å². The van der Waals surface area contributed by atoms with Gasteiger partial charge in [-0.1, -0.05) is 72.4 Å². The largest absolute Gasteiger partial charge is 0.391 e. The summed E-state index contributed by atoms with van der Waals surface area (Å²) in [6, 6.07) is 17.6. The van der Waals surface area contributed by atoms with Crippen LogP contribution in [0, 0.1) is 0 Å². The maximum Gasteiger partial charge on any atom is 0.255 e. The van der Waals surface area contributed by atoms with Crippen LogP contribution in [0.5, 0.6) is 0 Å². The summed E-state index contributed by atoms with van der Waals surface area (Å²) in [5.74, 6) is -1.86. The molecule has 10 heteroatoms. The van der Waals surface area contributed by atoms with Crippen LogP contribution in [0.1, 0.15) is 75.0 Å². The summed E-state index contributed by atoms with van der Waals surface area (Å²) >= 11 is 12.9. The minimum atomic E-state index is -0.895. The van der Waals surface area contributed by atoms with Gasteiger partial charge in [0, 0.05) is 28.2 Å². The first kappa shape index (κ1) is 29.1. The Bertz CT molecular complexity index is 1470. The van der Waals surface area contributed by atoms with E-state index in [4.69, 9.17) is 28.0 Å². The van der Waals surface area contributed by atoms with E-state index in [1.807, 2.05) is 0 Å². The Morgan fingerprint density at radius 1 is 1.00 bits per heavy atom. The van der Waals surface area contributed by atoms with Gasteiger partial charge in [-0.25, -0.2) is 5.48 Å². The molecule has 3 amide bonds. The molecule has 3 aromatic rings. The van der Waals surface area contributed by atoms with Gasteiger partial charge in [0.15, 0.2) is 0 Å². The van der Waals surface area contributed by atoms with Crippen molar-refractivity contribution < 1.29 is 24.3 Å². The SMILES string of the molecule is CNC(=O)c1cccc(CONC(=O)[C@@H]2c3ccccc3C(=O)N([C@H]3CCCC[C@@H]3O)[C@H]2c2ccc(Cl)cc2Cl)c1. The van der Waals surface area contributed by atoms with Crippen molar-refractivity contribution in [2.24, 2.45) is 0 Å². The molecule has 1 fully saturated rings. The minimum Gasteiger partial charge on any atom is -0.391 e. The van der Waals surface area contributed by atoms with Crippen molar-refractivity contribution in [2.45, 2.75) is 56.4 Å². The Kier molecular flexibility index (Phi) is 8.94. The van der Waals surface area contributed by atoms with Gasteiger partial charge >= 0.3 is 0 Å². The molecular weight excluding hydrogens is 565 g/mol. The molecule has 4 atom stereocenters. The van der Waals surface area contributed by atoms with Crippen LogP contribution in [0.2, 0.25) is 10.0 Å².